The first-order valence-corrected chi connectivity index (χ1v) is 7.41. The number of carbonyl (C=O) groups excluding carboxylic acids is 1. The molecule has 1 aromatic carbocycles. The van der Waals surface area contributed by atoms with Crippen LogP contribution in [0.25, 0.3) is 0 Å². The number of epoxide rings is 1. The van der Waals surface area contributed by atoms with Crippen molar-refractivity contribution in [2.45, 2.75) is 17.9 Å². The maximum Gasteiger partial charge on any atom is 0.175 e. The summed E-state index contributed by atoms with van der Waals surface area (Å²) in [6.07, 6.45) is 3.22. The Balaban J connectivity index is 1.77. The predicted molar refractivity (Wildman–Crippen MR) is 76.6 cm³/mol. The zero-order valence-electron chi connectivity index (χ0n) is 9.80. The summed E-state index contributed by atoms with van der Waals surface area (Å²) in [5.41, 5.74) is 0.859. The Hall–Kier alpha value is -0.680. The van der Waals surface area contributed by atoms with Crippen molar-refractivity contribution in [1.29, 1.82) is 0 Å². The number of allylic oxidation sites excluding steroid dienone is 1. The lowest BCUT2D eigenvalue weighted by Gasteiger charge is -2.43. The molecule has 1 spiro atoms. The molecule has 2 nitrogen and oxygen atoms in total. The van der Waals surface area contributed by atoms with Gasteiger partial charge in [0, 0.05) is 11.8 Å². The Labute approximate surface area is 120 Å². The van der Waals surface area contributed by atoms with Gasteiger partial charge in [-0.3, -0.25) is 4.79 Å². The lowest BCUT2D eigenvalue weighted by molar-refractivity contribution is -0.132. The van der Waals surface area contributed by atoms with E-state index in [0.717, 1.165) is 6.42 Å². The van der Waals surface area contributed by atoms with Gasteiger partial charge >= 0.3 is 0 Å². The molecule has 2 fully saturated rings. The quantitative estimate of drug-likeness (QED) is 0.574. The van der Waals surface area contributed by atoms with Crippen LogP contribution in [-0.4, -0.2) is 18.0 Å². The van der Waals surface area contributed by atoms with E-state index in [9.17, 15) is 4.79 Å². The average Bonchev–Trinajstić information content (AvgIpc) is 3.18. The van der Waals surface area contributed by atoms with Crippen LogP contribution in [0.5, 0.6) is 0 Å². The topological polar surface area (TPSA) is 29.6 Å². The van der Waals surface area contributed by atoms with E-state index in [-0.39, 0.29) is 5.92 Å². The second-order valence-electron chi connectivity index (χ2n) is 5.43. The molecule has 3 aliphatic carbocycles. The van der Waals surface area contributed by atoms with Crippen molar-refractivity contribution in [2.24, 2.45) is 11.8 Å². The first kappa shape index (κ1) is 11.2. The zero-order valence-corrected chi connectivity index (χ0v) is 12.0. The molecule has 0 aromatic heterocycles. The number of ether oxygens (including phenoxy) is 1. The fourth-order valence-corrected chi connectivity index (χ4v) is 4.65. The van der Waals surface area contributed by atoms with Crippen molar-refractivity contribution in [1.82, 2.24) is 0 Å². The van der Waals surface area contributed by atoms with Gasteiger partial charge in [-0.05, 0) is 44.1 Å². The van der Waals surface area contributed by atoms with E-state index in [0.29, 0.717) is 24.2 Å². The third-order valence-corrected chi connectivity index (χ3v) is 5.67. The molecule has 1 saturated carbocycles. The van der Waals surface area contributed by atoms with Crippen molar-refractivity contribution in [3.63, 3.8) is 0 Å². The smallest absolute Gasteiger partial charge is 0.175 e. The number of hydrogen-bond donors (Lipinski definition) is 0. The lowest BCUT2D eigenvalue weighted by atomic mass is 9.61. The van der Waals surface area contributed by atoms with Crippen LogP contribution in [0.1, 0.15) is 17.9 Å². The van der Waals surface area contributed by atoms with Crippen LogP contribution in [-0.2, 0) is 9.53 Å². The molecule has 1 aromatic rings. The van der Waals surface area contributed by atoms with Gasteiger partial charge in [0.25, 0.3) is 0 Å². The number of carbonyl (C=O) groups is 1. The molecule has 3 heteroatoms. The highest BCUT2D eigenvalue weighted by Gasteiger charge is 2.66. The van der Waals surface area contributed by atoms with E-state index >= 15 is 0 Å². The molecule has 18 heavy (non-hydrogen) atoms. The summed E-state index contributed by atoms with van der Waals surface area (Å²) in [4.78, 5) is 12.5. The minimum atomic E-state index is -0.429. The van der Waals surface area contributed by atoms with Crippen LogP contribution in [0.15, 0.2) is 40.0 Å². The van der Waals surface area contributed by atoms with Crippen LogP contribution >= 0.6 is 22.6 Å². The predicted octanol–water partition coefficient (Wildman–Crippen LogP) is 3.08. The molecular weight excluding hydrogens is 339 g/mol. The van der Waals surface area contributed by atoms with E-state index in [1.54, 1.807) is 0 Å². The fraction of sp³-hybridized carbons (Fsp3) is 0.400. The molecule has 2 bridgehead atoms. The van der Waals surface area contributed by atoms with E-state index in [1.165, 1.54) is 9.14 Å². The minimum absolute atomic E-state index is 0.0202. The van der Waals surface area contributed by atoms with Crippen molar-refractivity contribution in [2.75, 3.05) is 6.61 Å². The average molecular weight is 352 g/mol. The first-order chi connectivity index (χ1) is 8.72. The van der Waals surface area contributed by atoms with E-state index in [1.807, 2.05) is 6.07 Å². The number of ketones is 1. The number of Topliss-reactive ketones (excluding diaryl/α,β-unsaturated/α-hetero) is 1. The van der Waals surface area contributed by atoms with Crippen molar-refractivity contribution in [3.05, 3.63) is 45.6 Å². The Morgan fingerprint density at radius 3 is 2.67 bits per heavy atom. The third kappa shape index (κ3) is 1.35. The molecular formula is C15H13IO2. The van der Waals surface area contributed by atoms with Gasteiger partial charge in [-0.15, -0.1) is 0 Å². The van der Waals surface area contributed by atoms with Gasteiger partial charge in [-0.1, -0.05) is 36.4 Å². The maximum absolute atomic E-state index is 12.5. The highest BCUT2D eigenvalue weighted by atomic mass is 127. The van der Waals surface area contributed by atoms with Crippen LogP contribution in [0.2, 0.25) is 0 Å². The normalized spacial score (nSPS) is 41.1. The van der Waals surface area contributed by atoms with Crippen LogP contribution in [0.4, 0.5) is 0 Å². The monoisotopic (exact) mass is 352 g/mol. The zero-order chi connectivity index (χ0) is 12.3. The molecule has 4 atom stereocenters. The molecule has 92 valence electrons. The summed E-state index contributed by atoms with van der Waals surface area (Å²) in [6, 6.07) is 10.4. The van der Waals surface area contributed by atoms with Gasteiger partial charge in [0.2, 0.25) is 0 Å². The summed E-state index contributed by atoms with van der Waals surface area (Å²) in [7, 11) is 0. The molecule has 0 amide bonds. The summed E-state index contributed by atoms with van der Waals surface area (Å²) < 4.78 is 6.86. The molecule has 4 aliphatic rings. The van der Waals surface area contributed by atoms with Crippen LogP contribution in [0.3, 0.4) is 0 Å². The number of halogens is 1. The Morgan fingerprint density at radius 2 is 2.00 bits per heavy atom. The first-order valence-electron chi connectivity index (χ1n) is 6.33. The van der Waals surface area contributed by atoms with Gasteiger partial charge in [0.15, 0.2) is 11.4 Å². The van der Waals surface area contributed by atoms with Gasteiger partial charge in [0.05, 0.1) is 6.61 Å². The SMILES string of the molecule is O=C1C2C=C(I)C(CC2c2ccccc2)[C@@]12CO2. The summed E-state index contributed by atoms with van der Waals surface area (Å²) in [5.74, 6) is 0.970. The van der Waals surface area contributed by atoms with Crippen LogP contribution < -0.4 is 0 Å². The number of hydrogen-bond acceptors (Lipinski definition) is 2. The maximum atomic E-state index is 12.5. The molecule has 1 aliphatic heterocycles. The fourth-order valence-electron chi connectivity index (χ4n) is 3.51. The minimum Gasteiger partial charge on any atom is -0.361 e. The number of benzene rings is 1. The summed E-state index contributed by atoms with van der Waals surface area (Å²) >= 11 is 2.38. The van der Waals surface area contributed by atoms with Crippen molar-refractivity contribution in [3.8, 4) is 0 Å². The molecule has 0 N–H and O–H groups in total. The highest BCUT2D eigenvalue weighted by molar-refractivity contribution is 14.1. The molecule has 1 saturated heterocycles. The van der Waals surface area contributed by atoms with Crippen molar-refractivity contribution < 1.29 is 9.53 Å². The molecule has 1 heterocycles. The lowest BCUT2D eigenvalue weighted by Crippen LogP contribution is -2.49. The largest absolute Gasteiger partial charge is 0.361 e. The van der Waals surface area contributed by atoms with Gasteiger partial charge in [0.1, 0.15) is 0 Å². The van der Waals surface area contributed by atoms with Gasteiger partial charge < -0.3 is 4.74 Å². The Bertz CT molecular complexity index is 545. The van der Waals surface area contributed by atoms with E-state index < -0.39 is 5.60 Å². The Kier molecular flexibility index (Phi) is 2.28. The van der Waals surface area contributed by atoms with Gasteiger partial charge in [-0.2, -0.15) is 0 Å². The third-order valence-electron chi connectivity index (χ3n) is 4.56. The van der Waals surface area contributed by atoms with Gasteiger partial charge in [-0.25, -0.2) is 0 Å². The van der Waals surface area contributed by atoms with Crippen LogP contribution in [0, 0.1) is 11.8 Å². The van der Waals surface area contributed by atoms with Crippen molar-refractivity contribution >= 4 is 28.4 Å². The Morgan fingerprint density at radius 1 is 1.28 bits per heavy atom. The molecule has 5 rings (SSSR count). The second kappa shape index (κ2) is 3.67. The number of rotatable bonds is 1. The number of fused-ring (bicyclic) bond motifs is 1. The standard InChI is InChI=1S/C15H13IO2/c16-13-7-11-10(9-4-2-1-3-5-9)6-12(13)15(8-18-15)14(11)17/h1-5,7,10-12H,6,8H2/t10?,11?,12?,15-/m0/s1. The summed E-state index contributed by atoms with van der Waals surface area (Å²) in [5, 5.41) is 0. The molecule has 0 radical (unpaired) electrons. The highest BCUT2D eigenvalue weighted by Crippen LogP contribution is 2.58. The van der Waals surface area contributed by atoms with E-state index in [4.69, 9.17) is 4.74 Å². The molecule has 3 unspecified atom stereocenters. The summed E-state index contributed by atoms with van der Waals surface area (Å²) in [6.45, 7) is 0.634. The second-order valence-corrected chi connectivity index (χ2v) is 6.67. The van der Waals surface area contributed by atoms with E-state index in [2.05, 4.69) is 52.9 Å².